The molecule has 0 bridgehead atoms. The Morgan fingerprint density at radius 2 is 1.96 bits per heavy atom. The van der Waals surface area contributed by atoms with Gasteiger partial charge in [-0.25, -0.2) is 4.98 Å². The predicted molar refractivity (Wildman–Crippen MR) is 87.8 cm³/mol. The lowest BCUT2D eigenvalue weighted by atomic mass is 9.70. The van der Waals surface area contributed by atoms with Crippen LogP contribution >= 0.6 is 0 Å². The van der Waals surface area contributed by atoms with E-state index in [-0.39, 0.29) is 17.7 Å². The van der Waals surface area contributed by atoms with Crippen molar-refractivity contribution in [1.29, 1.82) is 0 Å². The van der Waals surface area contributed by atoms with E-state index < -0.39 is 0 Å². The Balaban J connectivity index is 1.24. The maximum Gasteiger partial charge on any atom is 0.227 e. The van der Waals surface area contributed by atoms with Crippen molar-refractivity contribution < 1.29 is 9.59 Å². The largest absolute Gasteiger partial charge is 0.324 e. The van der Waals surface area contributed by atoms with E-state index in [1.807, 2.05) is 0 Å². The van der Waals surface area contributed by atoms with Crippen LogP contribution in [0.2, 0.25) is 0 Å². The third kappa shape index (κ3) is 3.23. The molecule has 1 aromatic heterocycles. The lowest BCUT2D eigenvalue weighted by Crippen LogP contribution is -2.29. The third-order valence-corrected chi connectivity index (χ3v) is 5.65. The number of anilines is 2. The van der Waals surface area contributed by atoms with Gasteiger partial charge in [-0.15, -0.1) is 0 Å². The van der Waals surface area contributed by atoms with Crippen molar-refractivity contribution in [3.63, 3.8) is 0 Å². The zero-order chi connectivity index (χ0) is 15.9. The molecule has 5 nitrogen and oxygen atoms in total. The van der Waals surface area contributed by atoms with Gasteiger partial charge in [0, 0.05) is 12.3 Å². The van der Waals surface area contributed by atoms with E-state index in [1.54, 1.807) is 18.3 Å². The molecule has 5 heteroatoms. The fourth-order valence-electron chi connectivity index (χ4n) is 3.81. The van der Waals surface area contributed by atoms with E-state index in [1.165, 1.54) is 25.7 Å². The Morgan fingerprint density at radius 3 is 2.52 bits per heavy atom. The second-order valence-corrected chi connectivity index (χ2v) is 7.58. The minimum Gasteiger partial charge on any atom is -0.324 e. The molecular formula is C18H23N3O2. The predicted octanol–water partition coefficient (Wildman–Crippen LogP) is 3.34. The highest BCUT2D eigenvalue weighted by molar-refractivity contribution is 5.93. The van der Waals surface area contributed by atoms with Crippen LogP contribution in [-0.4, -0.2) is 16.8 Å². The van der Waals surface area contributed by atoms with E-state index in [4.69, 9.17) is 0 Å². The minimum atomic E-state index is 0.0456. The van der Waals surface area contributed by atoms with Gasteiger partial charge in [0.2, 0.25) is 11.8 Å². The van der Waals surface area contributed by atoms with E-state index in [9.17, 15) is 9.59 Å². The van der Waals surface area contributed by atoms with Crippen molar-refractivity contribution in [2.45, 2.75) is 51.4 Å². The first-order valence-electron chi connectivity index (χ1n) is 8.69. The Labute approximate surface area is 136 Å². The number of aromatic nitrogens is 1. The highest BCUT2D eigenvalue weighted by Crippen LogP contribution is 2.64. The molecule has 2 N–H and O–H groups in total. The van der Waals surface area contributed by atoms with Gasteiger partial charge in [0.15, 0.2) is 0 Å². The Bertz CT molecular complexity index is 610. The molecule has 1 aromatic rings. The standard InChI is InChI=1S/C18H23N3O2/c22-16(8-12-9-18(10-12)6-7-18)21-15-5-4-14(11-19-15)20-17(23)13-2-1-3-13/h4-5,11-13H,1-3,6-10H2,(H,20,23)(H,19,21,22). The summed E-state index contributed by atoms with van der Waals surface area (Å²) in [4.78, 5) is 28.1. The summed E-state index contributed by atoms with van der Waals surface area (Å²) < 4.78 is 0. The first kappa shape index (κ1) is 14.7. The highest BCUT2D eigenvalue weighted by Gasteiger charge is 2.52. The van der Waals surface area contributed by atoms with Crippen LogP contribution in [0.25, 0.3) is 0 Å². The van der Waals surface area contributed by atoms with Crippen molar-refractivity contribution in [1.82, 2.24) is 4.98 Å². The number of hydrogen-bond acceptors (Lipinski definition) is 3. The van der Waals surface area contributed by atoms with Crippen LogP contribution in [0.15, 0.2) is 18.3 Å². The molecule has 2 amide bonds. The molecule has 4 rings (SSSR count). The van der Waals surface area contributed by atoms with Crippen LogP contribution in [-0.2, 0) is 9.59 Å². The molecular weight excluding hydrogens is 290 g/mol. The molecule has 3 fully saturated rings. The van der Waals surface area contributed by atoms with E-state index in [0.29, 0.717) is 29.3 Å². The number of carbonyl (C=O) groups excluding carboxylic acids is 2. The van der Waals surface area contributed by atoms with Gasteiger partial charge < -0.3 is 10.6 Å². The second kappa shape index (κ2) is 5.62. The van der Waals surface area contributed by atoms with Crippen molar-refractivity contribution in [3.05, 3.63) is 18.3 Å². The third-order valence-electron chi connectivity index (χ3n) is 5.65. The van der Waals surface area contributed by atoms with Crippen LogP contribution in [0.5, 0.6) is 0 Å². The molecule has 122 valence electrons. The van der Waals surface area contributed by atoms with Crippen LogP contribution in [0.3, 0.4) is 0 Å². The zero-order valence-corrected chi connectivity index (χ0v) is 13.3. The Morgan fingerprint density at radius 1 is 1.17 bits per heavy atom. The van der Waals surface area contributed by atoms with Gasteiger partial charge >= 0.3 is 0 Å². The van der Waals surface area contributed by atoms with Gasteiger partial charge in [-0.1, -0.05) is 6.42 Å². The number of carbonyl (C=O) groups is 2. The van der Waals surface area contributed by atoms with Gasteiger partial charge in [0.05, 0.1) is 11.9 Å². The molecule has 0 aromatic carbocycles. The Hall–Kier alpha value is -1.91. The summed E-state index contributed by atoms with van der Waals surface area (Å²) in [6.07, 6.45) is 10.5. The van der Waals surface area contributed by atoms with Crippen molar-refractivity contribution in [3.8, 4) is 0 Å². The lowest BCUT2D eigenvalue weighted by Gasteiger charge is -2.35. The Kier molecular flexibility index (Phi) is 3.58. The summed E-state index contributed by atoms with van der Waals surface area (Å²) in [7, 11) is 0. The van der Waals surface area contributed by atoms with Gasteiger partial charge in [-0.05, 0) is 62.0 Å². The molecule has 0 aliphatic heterocycles. The second-order valence-electron chi connectivity index (χ2n) is 7.58. The number of rotatable bonds is 5. The highest BCUT2D eigenvalue weighted by atomic mass is 16.2. The molecule has 1 spiro atoms. The molecule has 23 heavy (non-hydrogen) atoms. The minimum absolute atomic E-state index is 0.0456. The number of pyridine rings is 1. The van der Waals surface area contributed by atoms with Gasteiger partial charge in [0.25, 0.3) is 0 Å². The molecule has 0 radical (unpaired) electrons. The first-order valence-corrected chi connectivity index (χ1v) is 8.69. The van der Waals surface area contributed by atoms with Crippen molar-refractivity contribution in [2.24, 2.45) is 17.3 Å². The maximum absolute atomic E-state index is 12.0. The fourth-order valence-corrected chi connectivity index (χ4v) is 3.81. The number of nitrogens with zero attached hydrogens (tertiary/aromatic N) is 1. The molecule has 1 heterocycles. The average molecular weight is 313 g/mol. The SMILES string of the molecule is O=C(CC1CC2(CC2)C1)Nc1ccc(NC(=O)C2CCC2)cn1. The first-order chi connectivity index (χ1) is 11.1. The smallest absolute Gasteiger partial charge is 0.227 e. The number of amides is 2. The van der Waals surface area contributed by atoms with Crippen LogP contribution in [0.1, 0.15) is 51.4 Å². The number of nitrogens with one attached hydrogen (secondary N) is 2. The van der Waals surface area contributed by atoms with Crippen molar-refractivity contribution >= 4 is 23.3 Å². The van der Waals surface area contributed by atoms with Crippen LogP contribution in [0.4, 0.5) is 11.5 Å². The zero-order valence-electron chi connectivity index (χ0n) is 13.3. The topological polar surface area (TPSA) is 71.1 Å². The van der Waals surface area contributed by atoms with E-state index in [2.05, 4.69) is 15.6 Å². The molecule has 0 unspecified atom stereocenters. The summed E-state index contributed by atoms with van der Waals surface area (Å²) in [6, 6.07) is 3.54. The van der Waals surface area contributed by atoms with Crippen molar-refractivity contribution in [2.75, 3.05) is 10.6 Å². The summed E-state index contributed by atoms with van der Waals surface area (Å²) in [5, 5.41) is 5.73. The molecule has 3 aliphatic carbocycles. The summed E-state index contributed by atoms with van der Waals surface area (Å²) >= 11 is 0. The van der Waals surface area contributed by atoms with E-state index >= 15 is 0 Å². The summed E-state index contributed by atoms with van der Waals surface area (Å²) in [5.41, 5.74) is 1.33. The average Bonchev–Trinajstić information content (AvgIpc) is 3.19. The fraction of sp³-hybridized carbons (Fsp3) is 0.611. The molecule has 0 saturated heterocycles. The van der Waals surface area contributed by atoms with Crippen LogP contribution in [0, 0.1) is 17.3 Å². The van der Waals surface area contributed by atoms with Gasteiger partial charge in [-0.3, -0.25) is 9.59 Å². The van der Waals surface area contributed by atoms with Crippen LogP contribution < -0.4 is 10.6 Å². The molecule has 3 saturated carbocycles. The molecule has 3 aliphatic rings. The lowest BCUT2D eigenvalue weighted by molar-refractivity contribution is -0.122. The summed E-state index contributed by atoms with van der Waals surface area (Å²) in [5.74, 6) is 1.39. The maximum atomic E-state index is 12.0. The van der Waals surface area contributed by atoms with E-state index in [0.717, 1.165) is 19.3 Å². The van der Waals surface area contributed by atoms with Gasteiger partial charge in [0.1, 0.15) is 5.82 Å². The quantitative estimate of drug-likeness (QED) is 0.876. The number of hydrogen-bond donors (Lipinski definition) is 2. The van der Waals surface area contributed by atoms with Gasteiger partial charge in [-0.2, -0.15) is 0 Å². The normalized spacial score (nSPS) is 22.1. The molecule has 0 atom stereocenters. The monoisotopic (exact) mass is 313 g/mol. The summed E-state index contributed by atoms with van der Waals surface area (Å²) in [6.45, 7) is 0.